The van der Waals surface area contributed by atoms with Crippen molar-refractivity contribution >= 4 is 0 Å². The summed E-state index contributed by atoms with van der Waals surface area (Å²) in [5.41, 5.74) is 0.904. The first-order chi connectivity index (χ1) is 9.34. The van der Waals surface area contributed by atoms with E-state index in [9.17, 15) is 0 Å². The number of rotatable bonds is 3. The summed E-state index contributed by atoms with van der Waals surface area (Å²) in [6.45, 7) is 6.17. The number of piperazine rings is 1. The third-order valence-corrected chi connectivity index (χ3v) is 3.44. The Morgan fingerprint density at radius 1 is 1.26 bits per heavy atom. The molecular weight excluding hydrogens is 242 g/mol. The maximum absolute atomic E-state index is 5.33. The molecule has 1 aliphatic heterocycles. The maximum atomic E-state index is 5.33. The van der Waals surface area contributed by atoms with Gasteiger partial charge in [0, 0.05) is 44.1 Å². The van der Waals surface area contributed by atoms with Gasteiger partial charge in [-0.15, -0.1) is 0 Å². The van der Waals surface area contributed by atoms with E-state index in [1.54, 1.807) is 12.4 Å². The molecule has 2 aromatic rings. The SMILES string of the molecule is CC(c1noc(-c2ccncc2)n1)N1CCNCC1. The van der Waals surface area contributed by atoms with Crippen LogP contribution in [0.5, 0.6) is 0 Å². The molecule has 1 fully saturated rings. The van der Waals surface area contributed by atoms with Gasteiger partial charge in [-0.05, 0) is 19.1 Å². The molecule has 1 N–H and O–H groups in total. The molecule has 1 saturated heterocycles. The lowest BCUT2D eigenvalue weighted by Crippen LogP contribution is -2.44. The highest BCUT2D eigenvalue weighted by Gasteiger charge is 2.22. The van der Waals surface area contributed by atoms with Gasteiger partial charge in [-0.2, -0.15) is 4.98 Å². The first-order valence-electron chi connectivity index (χ1n) is 6.53. The van der Waals surface area contributed by atoms with E-state index in [2.05, 4.69) is 32.3 Å². The number of hydrogen-bond acceptors (Lipinski definition) is 6. The molecule has 6 nitrogen and oxygen atoms in total. The van der Waals surface area contributed by atoms with Crippen LogP contribution in [0.25, 0.3) is 11.5 Å². The first kappa shape index (κ1) is 12.3. The lowest BCUT2D eigenvalue weighted by Gasteiger charge is -2.30. The first-order valence-corrected chi connectivity index (χ1v) is 6.53. The summed E-state index contributed by atoms with van der Waals surface area (Å²) < 4.78 is 5.33. The van der Waals surface area contributed by atoms with E-state index in [4.69, 9.17) is 4.52 Å². The molecule has 3 rings (SSSR count). The highest BCUT2D eigenvalue weighted by Crippen LogP contribution is 2.21. The van der Waals surface area contributed by atoms with Gasteiger partial charge in [0.25, 0.3) is 5.89 Å². The Morgan fingerprint density at radius 3 is 2.74 bits per heavy atom. The van der Waals surface area contributed by atoms with Gasteiger partial charge in [0.05, 0.1) is 6.04 Å². The van der Waals surface area contributed by atoms with Gasteiger partial charge in [0.15, 0.2) is 5.82 Å². The molecule has 0 amide bonds. The molecule has 0 aromatic carbocycles. The topological polar surface area (TPSA) is 67.1 Å². The van der Waals surface area contributed by atoms with Gasteiger partial charge in [0.1, 0.15) is 0 Å². The Bertz CT molecular complexity index is 521. The lowest BCUT2D eigenvalue weighted by atomic mass is 10.2. The maximum Gasteiger partial charge on any atom is 0.258 e. The van der Waals surface area contributed by atoms with Crippen molar-refractivity contribution in [2.75, 3.05) is 26.2 Å². The Labute approximate surface area is 111 Å². The predicted molar refractivity (Wildman–Crippen MR) is 70.4 cm³/mol. The number of nitrogens with one attached hydrogen (secondary N) is 1. The van der Waals surface area contributed by atoms with Crippen molar-refractivity contribution in [2.24, 2.45) is 0 Å². The third-order valence-electron chi connectivity index (χ3n) is 3.44. The van der Waals surface area contributed by atoms with Crippen molar-refractivity contribution in [1.29, 1.82) is 0 Å². The summed E-state index contributed by atoms with van der Waals surface area (Å²) in [7, 11) is 0. The zero-order valence-electron chi connectivity index (χ0n) is 10.9. The van der Waals surface area contributed by atoms with Crippen molar-refractivity contribution in [1.82, 2.24) is 25.3 Å². The van der Waals surface area contributed by atoms with Crippen LogP contribution < -0.4 is 5.32 Å². The number of aromatic nitrogens is 3. The molecule has 19 heavy (non-hydrogen) atoms. The lowest BCUT2D eigenvalue weighted by molar-refractivity contribution is 0.176. The second-order valence-electron chi connectivity index (χ2n) is 4.66. The van der Waals surface area contributed by atoms with Gasteiger partial charge in [0.2, 0.25) is 0 Å². The number of pyridine rings is 1. The van der Waals surface area contributed by atoms with Gasteiger partial charge in [-0.25, -0.2) is 0 Å². The normalized spacial score (nSPS) is 18.4. The van der Waals surface area contributed by atoms with Crippen LogP contribution in [0.15, 0.2) is 29.0 Å². The average molecular weight is 259 g/mol. The largest absolute Gasteiger partial charge is 0.334 e. The molecule has 100 valence electrons. The van der Waals surface area contributed by atoms with Gasteiger partial charge >= 0.3 is 0 Å². The summed E-state index contributed by atoms with van der Waals surface area (Å²) in [6.07, 6.45) is 3.44. The summed E-state index contributed by atoms with van der Waals surface area (Å²) in [5, 5.41) is 7.44. The molecule has 1 unspecified atom stereocenters. The van der Waals surface area contributed by atoms with E-state index in [-0.39, 0.29) is 6.04 Å². The number of hydrogen-bond donors (Lipinski definition) is 1. The molecule has 6 heteroatoms. The fraction of sp³-hybridized carbons (Fsp3) is 0.462. The van der Waals surface area contributed by atoms with Crippen molar-refractivity contribution in [2.45, 2.75) is 13.0 Å². The van der Waals surface area contributed by atoms with Crippen LogP contribution in [-0.4, -0.2) is 46.2 Å². The fourth-order valence-electron chi connectivity index (χ4n) is 2.25. The Hall–Kier alpha value is -1.79. The monoisotopic (exact) mass is 259 g/mol. The van der Waals surface area contributed by atoms with E-state index >= 15 is 0 Å². The third kappa shape index (κ3) is 2.64. The van der Waals surface area contributed by atoms with Crippen LogP contribution in [0.2, 0.25) is 0 Å². The minimum absolute atomic E-state index is 0.182. The molecule has 0 aliphatic carbocycles. The standard InChI is InChI=1S/C13H17N5O/c1-10(18-8-6-15-7-9-18)12-16-13(19-17-12)11-2-4-14-5-3-11/h2-5,10,15H,6-9H2,1H3. The quantitative estimate of drug-likeness (QED) is 0.890. The molecule has 3 heterocycles. The van der Waals surface area contributed by atoms with Crippen molar-refractivity contribution < 1.29 is 4.52 Å². The zero-order chi connectivity index (χ0) is 13.1. The second-order valence-corrected chi connectivity index (χ2v) is 4.66. The molecule has 0 radical (unpaired) electrons. The second kappa shape index (κ2) is 5.46. The van der Waals surface area contributed by atoms with E-state index in [1.807, 2.05) is 12.1 Å². The predicted octanol–water partition coefficient (Wildman–Crippen LogP) is 1.10. The minimum atomic E-state index is 0.182. The molecular formula is C13H17N5O. The van der Waals surface area contributed by atoms with Crippen molar-refractivity contribution in [3.63, 3.8) is 0 Å². The molecule has 1 atom stereocenters. The Balaban J connectivity index is 1.77. The van der Waals surface area contributed by atoms with Gasteiger partial charge < -0.3 is 9.84 Å². The van der Waals surface area contributed by atoms with Crippen LogP contribution in [-0.2, 0) is 0 Å². The molecule has 0 bridgehead atoms. The molecule has 0 spiro atoms. The van der Waals surface area contributed by atoms with Gasteiger partial charge in [-0.3, -0.25) is 9.88 Å². The number of nitrogens with zero attached hydrogens (tertiary/aromatic N) is 4. The highest BCUT2D eigenvalue weighted by atomic mass is 16.5. The van der Waals surface area contributed by atoms with Gasteiger partial charge in [-0.1, -0.05) is 5.16 Å². The Morgan fingerprint density at radius 2 is 2.00 bits per heavy atom. The zero-order valence-corrected chi connectivity index (χ0v) is 10.9. The molecule has 2 aromatic heterocycles. The molecule has 0 saturated carbocycles. The van der Waals surface area contributed by atoms with E-state index in [1.165, 1.54) is 0 Å². The minimum Gasteiger partial charge on any atom is -0.334 e. The summed E-state index contributed by atoms with van der Waals surface area (Å²) in [4.78, 5) is 10.8. The van der Waals surface area contributed by atoms with Crippen LogP contribution in [0, 0.1) is 0 Å². The smallest absolute Gasteiger partial charge is 0.258 e. The van der Waals surface area contributed by atoms with Crippen LogP contribution in [0.4, 0.5) is 0 Å². The van der Waals surface area contributed by atoms with Crippen LogP contribution in [0.1, 0.15) is 18.8 Å². The van der Waals surface area contributed by atoms with E-state index in [0.717, 1.165) is 37.6 Å². The van der Waals surface area contributed by atoms with Crippen molar-refractivity contribution in [3.05, 3.63) is 30.4 Å². The summed E-state index contributed by atoms with van der Waals surface area (Å²) in [5.74, 6) is 1.30. The summed E-state index contributed by atoms with van der Waals surface area (Å²) in [6, 6.07) is 3.92. The average Bonchev–Trinajstić information content (AvgIpc) is 2.98. The van der Waals surface area contributed by atoms with E-state index < -0.39 is 0 Å². The van der Waals surface area contributed by atoms with Crippen molar-refractivity contribution in [3.8, 4) is 11.5 Å². The highest BCUT2D eigenvalue weighted by molar-refractivity contribution is 5.51. The van der Waals surface area contributed by atoms with E-state index in [0.29, 0.717) is 5.89 Å². The fourth-order valence-corrected chi connectivity index (χ4v) is 2.25. The van der Waals surface area contributed by atoms with Crippen LogP contribution in [0.3, 0.4) is 0 Å². The Kier molecular flexibility index (Phi) is 3.52. The summed E-state index contributed by atoms with van der Waals surface area (Å²) >= 11 is 0. The molecule has 1 aliphatic rings. The van der Waals surface area contributed by atoms with Crippen LogP contribution >= 0.6 is 0 Å².